The van der Waals surface area contributed by atoms with Gasteiger partial charge >= 0.3 is 0 Å². The third kappa shape index (κ3) is 15.0. The van der Waals surface area contributed by atoms with E-state index >= 15 is 0 Å². The lowest BCUT2D eigenvalue weighted by atomic mass is 10.0. The molecule has 0 bridgehead atoms. The van der Waals surface area contributed by atoms with Crippen molar-refractivity contribution in [2.45, 2.75) is 117 Å². The summed E-state index contributed by atoms with van der Waals surface area (Å²) in [5.41, 5.74) is 5.70. The van der Waals surface area contributed by atoms with Crippen LogP contribution in [-0.2, 0) is 17.6 Å². The number of ether oxygens (including phenoxy) is 1. The van der Waals surface area contributed by atoms with Gasteiger partial charge in [-0.1, -0.05) is 124 Å². The molecule has 0 saturated heterocycles. The molecule has 1 heteroatoms. The minimum Gasteiger partial charge on any atom is -0.381 e. The third-order valence-electron chi connectivity index (χ3n) is 6.75. The summed E-state index contributed by atoms with van der Waals surface area (Å²) in [5, 5.41) is 0. The summed E-state index contributed by atoms with van der Waals surface area (Å²) in [5.74, 6) is 0. The van der Waals surface area contributed by atoms with Crippen molar-refractivity contribution in [3.63, 3.8) is 0 Å². The molecule has 2 aromatic rings. The van der Waals surface area contributed by atoms with E-state index in [0.717, 1.165) is 13.2 Å². The molecule has 0 fully saturated rings. The lowest BCUT2D eigenvalue weighted by Gasteiger charge is -2.06. The Labute approximate surface area is 205 Å². The van der Waals surface area contributed by atoms with Gasteiger partial charge in [-0.2, -0.15) is 0 Å². The number of rotatable bonds is 20. The molecular weight excluding hydrogens is 400 g/mol. The molecule has 0 heterocycles. The highest BCUT2D eigenvalue weighted by Crippen LogP contribution is 2.13. The molecule has 0 aliphatic carbocycles. The second-order valence-corrected chi connectivity index (χ2v) is 10.0. The lowest BCUT2D eigenvalue weighted by Crippen LogP contribution is -1.97. The highest BCUT2D eigenvalue weighted by molar-refractivity contribution is 5.22. The van der Waals surface area contributed by atoms with E-state index in [-0.39, 0.29) is 0 Å². The Morgan fingerprint density at radius 3 is 1.06 bits per heavy atom. The second-order valence-electron chi connectivity index (χ2n) is 10.0. The Bertz CT molecular complexity index is 624. The van der Waals surface area contributed by atoms with Crippen LogP contribution in [0, 0.1) is 13.8 Å². The quantitative estimate of drug-likeness (QED) is 0.182. The molecular formula is C32H50O. The van der Waals surface area contributed by atoms with Crippen molar-refractivity contribution in [3.8, 4) is 0 Å². The molecule has 0 aliphatic heterocycles. The van der Waals surface area contributed by atoms with Gasteiger partial charge < -0.3 is 4.74 Å². The normalized spacial score (nSPS) is 11.2. The summed E-state index contributed by atoms with van der Waals surface area (Å²) in [7, 11) is 0. The fraction of sp³-hybridized carbons (Fsp3) is 0.625. The van der Waals surface area contributed by atoms with Crippen LogP contribution in [0.1, 0.15) is 112 Å². The van der Waals surface area contributed by atoms with Gasteiger partial charge in [0.05, 0.1) is 0 Å². The zero-order valence-corrected chi connectivity index (χ0v) is 21.8. The number of hydrogen-bond donors (Lipinski definition) is 0. The van der Waals surface area contributed by atoms with Crippen LogP contribution < -0.4 is 0 Å². The van der Waals surface area contributed by atoms with Crippen LogP contribution in [0.4, 0.5) is 0 Å². The molecule has 0 radical (unpaired) electrons. The Hall–Kier alpha value is -1.60. The smallest absolute Gasteiger partial charge is 0.0466 e. The Kier molecular flexibility index (Phi) is 15.7. The van der Waals surface area contributed by atoms with Crippen LogP contribution in [0.15, 0.2) is 48.5 Å². The number of unbranched alkanes of at least 4 members (excludes halogenated alkanes) is 12. The third-order valence-corrected chi connectivity index (χ3v) is 6.75. The molecule has 0 saturated carbocycles. The zero-order valence-electron chi connectivity index (χ0n) is 21.8. The lowest BCUT2D eigenvalue weighted by molar-refractivity contribution is 0.125. The highest BCUT2D eigenvalue weighted by Gasteiger charge is 1.97. The van der Waals surface area contributed by atoms with Crippen LogP contribution >= 0.6 is 0 Å². The van der Waals surface area contributed by atoms with E-state index in [0.29, 0.717) is 0 Å². The van der Waals surface area contributed by atoms with E-state index in [1.165, 1.54) is 125 Å². The summed E-state index contributed by atoms with van der Waals surface area (Å²) in [6.45, 7) is 6.25. The number of benzene rings is 2. The maximum Gasteiger partial charge on any atom is 0.0466 e. The predicted octanol–water partition coefficient (Wildman–Crippen LogP) is 9.57. The molecule has 2 aromatic carbocycles. The van der Waals surface area contributed by atoms with E-state index in [4.69, 9.17) is 4.74 Å². The van der Waals surface area contributed by atoms with Gasteiger partial charge in [-0.15, -0.1) is 0 Å². The SMILES string of the molecule is Cc1ccc(CCCCCCCCCOCCCCCCCCCc2ccc(C)cc2)cc1. The van der Waals surface area contributed by atoms with Gasteiger partial charge in [0.15, 0.2) is 0 Å². The minimum atomic E-state index is 0.965. The van der Waals surface area contributed by atoms with E-state index in [9.17, 15) is 0 Å². The monoisotopic (exact) mass is 450 g/mol. The summed E-state index contributed by atoms with van der Waals surface area (Å²) < 4.78 is 5.84. The summed E-state index contributed by atoms with van der Waals surface area (Å²) in [6, 6.07) is 18.0. The van der Waals surface area contributed by atoms with Crippen molar-refractivity contribution in [2.75, 3.05) is 13.2 Å². The second kappa shape index (κ2) is 18.8. The molecule has 0 N–H and O–H groups in total. The Morgan fingerprint density at radius 2 is 0.697 bits per heavy atom. The number of hydrogen-bond acceptors (Lipinski definition) is 1. The molecule has 1 nitrogen and oxygen atoms in total. The zero-order chi connectivity index (χ0) is 23.4. The van der Waals surface area contributed by atoms with Crippen molar-refractivity contribution in [3.05, 3.63) is 70.8 Å². The van der Waals surface area contributed by atoms with Crippen LogP contribution in [-0.4, -0.2) is 13.2 Å². The molecule has 33 heavy (non-hydrogen) atoms. The van der Waals surface area contributed by atoms with Crippen molar-refractivity contribution in [1.82, 2.24) is 0 Å². The molecule has 0 spiro atoms. The summed E-state index contributed by atoms with van der Waals surface area (Å²) in [4.78, 5) is 0. The first-order valence-corrected chi connectivity index (χ1v) is 13.9. The maximum atomic E-state index is 5.84. The minimum absolute atomic E-state index is 0.965. The topological polar surface area (TPSA) is 9.23 Å². The van der Waals surface area contributed by atoms with E-state index in [2.05, 4.69) is 62.4 Å². The number of aryl methyl sites for hydroxylation is 4. The van der Waals surface area contributed by atoms with Crippen molar-refractivity contribution in [1.29, 1.82) is 0 Å². The van der Waals surface area contributed by atoms with Gasteiger partial charge in [0, 0.05) is 13.2 Å². The maximum absolute atomic E-state index is 5.84. The fourth-order valence-corrected chi connectivity index (χ4v) is 4.45. The van der Waals surface area contributed by atoms with Gasteiger partial charge in [0.25, 0.3) is 0 Å². The van der Waals surface area contributed by atoms with Gasteiger partial charge in [-0.05, 0) is 63.5 Å². The first-order valence-electron chi connectivity index (χ1n) is 13.9. The molecule has 0 aliphatic rings. The van der Waals surface area contributed by atoms with Crippen molar-refractivity contribution in [2.24, 2.45) is 0 Å². The molecule has 0 unspecified atom stereocenters. The van der Waals surface area contributed by atoms with Crippen LogP contribution in [0.5, 0.6) is 0 Å². The Morgan fingerprint density at radius 1 is 0.394 bits per heavy atom. The molecule has 2 rings (SSSR count). The van der Waals surface area contributed by atoms with Crippen LogP contribution in [0.25, 0.3) is 0 Å². The van der Waals surface area contributed by atoms with Gasteiger partial charge in [0.1, 0.15) is 0 Å². The molecule has 0 aromatic heterocycles. The van der Waals surface area contributed by atoms with Gasteiger partial charge in [-0.25, -0.2) is 0 Å². The Balaban J connectivity index is 1.23. The average molecular weight is 451 g/mol. The summed E-state index contributed by atoms with van der Waals surface area (Å²) >= 11 is 0. The molecule has 0 atom stereocenters. The largest absolute Gasteiger partial charge is 0.381 e. The average Bonchev–Trinajstić information content (AvgIpc) is 2.83. The molecule has 0 amide bonds. The first-order chi connectivity index (χ1) is 16.2. The van der Waals surface area contributed by atoms with Crippen LogP contribution in [0.2, 0.25) is 0 Å². The van der Waals surface area contributed by atoms with Gasteiger partial charge in [-0.3, -0.25) is 0 Å². The molecule has 184 valence electrons. The van der Waals surface area contributed by atoms with Gasteiger partial charge in [0.2, 0.25) is 0 Å². The van der Waals surface area contributed by atoms with Crippen LogP contribution in [0.3, 0.4) is 0 Å². The predicted molar refractivity (Wildman–Crippen MR) is 145 cm³/mol. The summed E-state index contributed by atoms with van der Waals surface area (Å²) in [6.07, 6.45) is 21.3. The first kappa shape index (κ1) is 27.6. The van der Waals surface area contributed by atoms with E-state index in [1.54, 1.807) is 0 Å². The van der Waals surface area contributed by atoms with E-state index < -0.39 is 0 Å². The highest BCUT2D eigenvalue weighted by atomic mass is 16.5. The standard InChI is InChI=1S/C32H50O/c1-29-19-23-31(24-20-29)17-13-9-5-3-7-11-15-27-33-28-16-12-8-4-6-10-14-18-32-25-21-30(2)22-26-32/h19-26H,3-18,27-28H2,1-2H3. The fourth-order valence-electron chi connectivity index (χ4n) is 4.45. The van der Waals surface area contributed by atoms with Crippen molar-refractivity contribution >= 4 is 0 Å². The van der Waals surface area contributed by atoms with Crippen molar-refractivity contribution < 1.29 is 4.74 Å². The van der Waals surface area contributed by atoms with E-state index in [1.807, 2.05) is 0 Å².